The van der Waals surface area contributed by atoms with Gasteiger partial charge in [0.25, 0.3) is 5.91 Å². The quantitative estimate of drug-likeness (QED) is 0.937. The molecular formula is C17H16ClNO4. The van der Waals surface area contributed by atoms with Crippen LogP contribution in [0, 0.1) is 6.92 Å². The van der Waals surface area contributed by atoms with E-state index in [1.165, 1.54) is 6.26 Å². The van der Waals surface area contributed by atoms with Gasteiger partial charge in [0, 0.05) is 23.7 Å². The summed E-state index contributed by atoms with van der Waals surface area (Å²) in [5.41, 5.74) is 3.24. The summed E-state index contributed by atoms with van der Waals surface area (Å²) < 4.78 is 5.26. The fraction of sp³-hybridized carbons (Fsp3) is 0.294. The minimum Gasteiger partial charge on any atom is -0.481 e. The molecule has 0 bridgehead atoms. The molecule has 1 aromatic heterocycles. The van der Waals surface area contributed by atoms with E-state index in [-0.39, 0.29) is 18.1 Å². The number of hydrogen-bond donors (Lipinski definition) is 1. The second-order valence-electron chi connectivity index (χ2n) is 5.68. The molecule has 0 aliphatic carbocycles. The zero-order chi connectivity index (χ0) is 16.6. The topological polar surface area (TPSA) is 70.7 Å². The lowest BCUT2D eigenvalue weighted by molar-refractivity contribution is -0.136. The number of halogens is 1. The Morgan fingerprint density at radius 2 is 2.13 bits per heavy atom. The molecule has 3 rings (SSSR count). The lowest BCUT2D eigenvalue weighted by Gasteiger charge is -2.29. The highest BCUT2D eigenvalue weighted by atomic mass is 35.5. The lowest BCUT2D eigenvalue weighted by atomic mass is 9.98. The van der Waals surface area contributed by atoms with Crippen LogP contribution in [0.5, 0.6) is 0 Å². The summed E-state index contributed by atoms with van der Waals surface area (Å²) in [4.78, 5) is 25.5. The van der Waals surface area contributed by atoms with Gasteiger partial charge in [0.15, 0.2) is 0 Å². The molecule has 1 amide bonds. The maximum atomic E-state index is 12.8. The molecule has 1 aliphatic rings. The SMILES string of the molecule is Cc1coc(CC(=O)O)c1C(=O)N1CCc2cc(Cl)ccc2C1. The van der Waals surface area contributed by atoms with Crippen molar-refractivity contribution >= 4 is 23.5 Å². The van der Waals surface area contributed by atoms with Crippen LogP contribution in [0.4, 0.5) is 0 Å². The molecule has 0 unspecified atom stereocenters. The van der Waals surface area contributed by atoms with Crippen LogP contribution in [0.15, 0.2) is 28.9 Å². The van der Waals surface area contributed by atoms with E-state index >= 15 is 0 Å². The predicted octanol–water partition coefficient (Wildman–Crippen LogP) is 3.07. The van der Waals surface area contributed by atoms with E-state index in [1.54, 1.807) is 11.8 Å². The summed E-state index contributed by atoms with van der Waals surface area (Å²) in [5, 5.41) is 9.64. The van der Waals surface area contributed by atoms with E-state index < -0.39 is 5.97 Å². The van der Waals surface area contributed by atoms with Crippen molar-refractivity contribution in [2.24, 2.45) is 0 Å². The van der Waals surface area contributed by atoms with Gasteiger partial charge in [-0.05, 0) is 36.6 Å². The molecule has 0 radical (unpaired) electrons. The first-order chi connectivity index (χ1) is 11.0. The van der Waals surface area contributed by atoms with Crippen LogP contribution >= 0.6 is 11.6 Å². The van der Waals surface area contributed by atoms with Crippen LogP contribution in [0.3, 0.4) is 0 Å². The van der Waals surface area contributed by atoms with Gasteiger partial charge in [-0.3, -0.25) is 9.59 Å². The zero-order valence-corrected chi connectivity index (χ0v) is 13.4. The summed E-state index contributed by atoms with van der Waals surface area (Å²) >= 11 is 6.00. The number of hydrogen-bond acceptors (Lipinski definition) is 3. The van der Waals surface area contributed by atoms with Gasteiger partial charge in [-0.15, -0.1) is 0 Å². The smallest absolute Gasteiger partial charge is 0.311 e. The Kier molecular flexibility index (Phi) is 4.13. The van der Waals surface area contributed by atoms with Crippen molar-refractivity contribution in [1.29, 1.82) is 0 Å². The second kappa shape index (κ2) is 6.08. The molecule has 1 aromatic carbocycles. The van der Waals surface area contributed by atoms with Crippen molar-refractivity contribution < 1.29 is 19.1 Å². The molecule has 2 heterocycles. The monoisotopic (exact) mass is 333 g/mol. The number of fused-ring (bicyclic) bond motifs is 1. The van der Waals surface area contributed by atoms with E-state index in [4.69, 9.17) is 21.1 Å². The van der Waals surface area contributed by atoms with Gasteiger partial charge < -0.3 is 14.4 Å². The van der Waals surface area contributed by atoms with Gasteiger partial charge in [0.2, 0.25) is 0 Å². The number of aliphatic carboxylic acids is 1. The van der Waals surface area contributed by atoms with Crippen molar-refractivity contribution in [3.05, 3.63) is 57.5 Å². The molecule has 23 heavy (non-hydrogen) atoms. The molecule has 120 valence electrons. The van der Waals surface area contributed by atoms with Crippen molar-refractivity contribution in [1.82, 2.24) is 4.90 Å². The normalized spacial score (nSPS) is 13.7. The van der Waals surface area contributed by atoms with E-state index in [2.05, 4.69) is 0 Å². The minimum absolute atomic E-state index is 0.187. The largest absolute Gasteiger partial charge is 0.481 e. The number of furan rings is 1. The summed E-state index contributed by atoms with van der Waals surface area (Å²) in [6, 6.07) is 5.67. The van der Waals surface area contributed by atoms with Crippen molar-refractivity contribution in [3.63, 3.8) is 0 Å². The number of carbonyl (C=O) groups is 2. The molecule has 0 saturated heterocycles. The second-order valence-corrected chi connectivity index (χ2v) is 6.11. The third-order valence-electron chi connectivity index (χ3n) is 4.04. The van der Waals surface area contributed by atoms with Crippen LogP contribution < -0.4 is 0 Å². The number of benzene rings is 1. The average molecular weight is 334 g/mol. The number of carboxylic acids is 1. The Labute approximate surface area is 138 Å². The molecule has 0 spiro atoms. The van der Waals surface area contributed by atoms with Crippen molar-refractivity contribution in [2.75, 3.05) is 6.54 Å². The number of amides is 1. The van der Waals surface area contributed by atoms with Crippen LogP contribution in [-0.2, 0) is 24.2 Å². The first-order valence-corrected chi connectivity index (χ1v) is 7.69. The summed E-state index contributed by atoms with van der Waals surface area (Å²) in [6.45, 7) is 2.81. The maximum absolute atomic E-state index is 12.8. The number of nitrogens with zero attached hydrogens (tertiary/aromatic N) is 1. The molecule has 0 atom stereocenters. The third kappa shape index (κ3) is 3.10. The van der Waals surface area contributed by atoms with E-state index in [0.717, 1.165) is 17.5 Å². The maximum Gasteiger partial charge on any atom is 0.311 e. The molecule has 1 N–H and O–H groups in total. The molecule has 0 fully saturated rings. The lowest BCUT2D eigenvalue weighted by Crippen LogP contribution is -2.36. The summed E-state index contributed by atoms with van der Waals surface area (Å²) in [7, 11) is 0. The Hall–Kier alpha value is -2.27. The molecule has 2 aromatic rings. The molecular weight excluding hydrogens is 318 g/mol. The fourth-order valence-electron chi connectivity index (χ4n) is 2.91. The number of carboxylic acid groups (broad SMARTS) is 1. The number of carbonyl (C=O) groups excluding carboxylic acids is 1. The number of rotatable bonds is 3. The van der Waals surface area contributed by atoms with E-state index in [1.807, 2.05) is 18.2 Å². The first-order valence-electron chi connectivity index (χ1n) is 7.31. The first kappa shape index (κ1) is 15.6. The van der Waals surface area contributed by atoms with Gasteiger partial charge in [0.05, 0.1) is 11.8 Å². The Morgan fingerprint density at radius 3 is 2.87 bits per heavy atom. The van der Waals surface area contributed by atoms with Crippen LogP contribution in [0.1, 0.15) is 32.8 Å². The van der Waals surface area contributed by atoms with Crippen molar-refractivity contribution in [3.8, 4) is 0 Å². The highest BCUT2D eigenvalue weighted by molar-refractivity contribution is 6.30. The summed E-state index contributed by atoms with van der Waals surface area (Å²) in [6.07, 6.45) is 1.87. The van der Waals surface area contributed by atoms with Crippen LogP contribution in [-0.4, -0.2) is 28.4 Å². The Balaban J connectivity index is 1.86. The molecule has 5 nitrogen and oxygen atoms in total. The molecule has 1 aliphatic heterocycles. The third-order valence-corrected chi connectivity index (χ3v) is 4.28. The van der Waals surface area contributed by atoms with Gasteiger partial charge >= 0.3 is 5.97 Å². The average Bonchev–Trinajstić information content (AvgIpc) is 2.86. The zero-order valence-electron chi connectivity index (χ0n) is 12.6. The van der Waals surface area contributed by atoms with E-state index in [0.29, 0.717) is 29.2 Å². The Morgan fingerprint density at radius 1 is 1.35 bits per heavy atom. The van der Waals surface area contributed by atoms with Crippen LogP contribution in [0.25, 0.3) is 0 Å². The summed E-state index contributed by atoms with van der Waals surface area (Å²) in [5.74, 6) is -0.998. The molecule has 6 heteroatoms. The van der Waals surface area contributed by atoms with Gasteiger partial charge in [-0.25, -0.2) is 0 Å². The highest BCUT2D eigenvalue weighted by Gasteiger charge is 2.27. The Bertz CT molecular complexity index is 781. The fourth-order valence-corrected chi connectivity index (χ4v) is 3.10. The van der Waals surface area contributed by atoms with Crippen LogP contribution in [0.2, 0.25) is 5.02 Å². The minimum atomic E-state index is -1.02. The predicted molar refractivity (Wildman–Crippen MR) is 84.7 cm³/mol. The number of aryl methyl sites for hydroxylation is 1. The van der Waals surface area contributed by atoms with Gasteiger partial charge in [0.1, 0.15) is 12.2 Å². The standard InChI is InChI=1S/C17H16ClNO4/c1-10-9-23-14(7-15(20)21)16(10)17(22)19-5-4-11-6-13(18)3-2-12(11)8-19/h2-3,6,9H,4-5,7-8H2,1H3,(H,20,21). The highest BCUT2D eigenvalue weighted by Crippen LogP contribution is 2.26. The van der Waals surface area contributed by atoms with Gasteiger partial charge in [-0.1, -0.05) is 17.7 Å². The van der Waals surface area contributed by atoms with E-state index in [9.17, 15) is 9.59 Å². The van der Waals surface area contributed by atoms with Crippen molar-refractivity contribution in [2.45, 2.75) is 26.3 Å². The van der Waals surface area contributed by atoms with Gasteiger partial charge in [-0.2, -0.15) is 0 Å². The molecule has 0 saturated carbocycles.